The van der Waals surface area contributed by atoms with E-state index in [1.54, 1.807) is 13.8 Å². The largest absolute Gasteiger partial charge is 0.392 e. The Bertz CT molecular complexity index is 170. The molecule has 0 aromatic carbocycles. The summed E-state index contributed by atoms with van der Waals surface area (Å²) in [6, 6.07) is 0. The molecule has 0 heterocycles. The van der Waals surface area contributed by atoms with Crippen molar-refractivity contribution in [3.05, 3.63) is 0 Å². The maximum absolute atomic E-state index is 12.6. The van der Waals surface area contributed by atoms with Crippen LogP contribution < -0.4 is 5.73 Å². The van der Waals surface area contributed by atoms with E-state index in [9.17, 15) is 13.2 Å². The van der Waals surface area contributed by atoms with Gasteiger partial charge >= 0.3 is 6.18 Å². The number of hydrogen-bond acceptors (Lipinski definition) is 3. The van der Waals surface area contributed by atoms with E-state index >= 15 is 0 Å². The van der Waals surface area contributed by atoms with Crippen LogP contribution in [0.1, 0.15) is 26.7 Å². The van der Waals surface area contributed by atoms with Crippen LogP contribution in [0.25, 0.3) is 0 Å². The molecule has 98 valence electrons. The molecule has 2 N–H and O–H groups in total. The van der Waals surface area contributed by atoms with Crippen molar-refractivity contribution in [3.63, 3.8) is 0 Å². The molecule has 0 saturated carbocycles. The fraction of sp³-hybridized carbons (Fsp3) is 1.00. The second kappa shape index (κ2) is 7.86. The van der Waals surface area contributed by atoms with E-state index in [-0.39, 0.29) is 19.4 Å². The van der Waals surface area contributed by atoms with E-state index in [4.69, 9.17) is 15.2 Å². The topological polar surface area (TPSA) is 44.5 Å². The van der Waals surface area contributed by atoms with Gasteiger partial charge in [-0.15, -0.1) is 0 Å². The van der Waals surface area contributed by atoms with Crippen LogP contribution in [0.5, 0.6) is 0 Å². The smallest absolute Gasteiger partial charge is 0.353 e. The van der Waals surface area contributed by atoms with Gasteiger partial charge in [-0.05, 0) is 26.8 Å². The van der Waals surface area contributed by atoms with Crippen molar-refractivity contribution in [2.45, 2.75) is 39.2 Å². The lowest BCUT2D eigenvalue weighted by Gasteiger charge is -2.24. The summed E-state index contributed by atoms with van der Waals surface area (Å²) in [5.41, 5.74) is 5.17. The summed E-state index contributed by atoms with van der Waals surface area (Å²) in [6.45, 7) is 4.11. The molecule has 0 aliphatic carbocycles. The molecule has 0 aliphatic heterocycles. The Kier molecular flexibility index (Phi) is 7.70. The normalized spacial score (nSPS) is 14.4. The molecule has 0 saturated heterocycles. The molecule has 0 amide bonds. The molecule has 0 aromatic rings. The minimum absolute atomic E-state index is 0.00907. The van der Waals surface area contributed by atoms with Gasteiger partial charge in [0.1, 0.15) is 0 Å². The van der Waals surface area contributed by atoms with Crippen LogP contribution in [-0.2, 0) is 9.47 Å². The van der Waals surface area contributed by atoms with Gasteiger partial charge < -0.3 is 15.2 Å². The average Bonchev–Trinajstić information content (AvgIpc) is 2.16. The van der Waals surface area contributed by atoms with Crippen molar-refractivity contribution in [1.82, 2.24) is 0 Å². The number of hydrogen-bond donors (Lipinski definition) is 1. The number of rotatable bonds is 8. The zero-order valence-electron chi connectivity index (χ0n) is 9.72. The summed E-state index contributed by atoms with van der Waals surface area (Å²) in [4.78, 5) is 0. The van der Waals surface area contributed by atoms with Crippen LogP contribution in [0.4, 0.5) is 13.2 Å². The van der Waals surface area contributed by atoms with E-state index in [0.717, 1.165) is 0 Å². The Morgan fingerprint density at radius 2 is 1.62 bits per heavy atom. The molecule has 0 bridgehead atoms. The molecule has 16 heavy (non-hydrogen) atoms. The quantitative estimate of drug-likeness (QED) is 0.665. The molecule has 0 radical (unpaired) electrons. The number of ether oxygens (including phenoxy) is 2. The van der Waals surface area contributed by atoms with Gasteiger partial charge in [0.15, 0.2) is 6.29 Å². The van der Waals surface area contributed by atoms with Crippen molar-refractivity contribution in [2.24, 2.45) is 11.7 Å². The summed E-state index contributed by atoms with van der Waals surface area (Å²) < 4.78 is 47.9. The van der Waals surface area contributed by atoms with Gasteiger partial charge in [0.05, 0.1) is 5.92 Å². The van der Waals surface area contributed by atoms with E-state index < -0.39 is 18.4 Å². The first kappa shape index (κ1) is 15.7. The molecule has 1 unspecified atom stereocenters. The van der Waals surface area contributed by atoms with Gasteiger partial charge in [0.2, 0.25) is 0 Å². The minimum Gasteiger partial charge on any atom is -0.353 e. The highest BCUT2D eigenvalue weighted by Gasteiger charge is 2.40. The fourth-order valence-corrected chi connectivity index (χ4v) is 1.40. The second-order valence-corrected chi connectivity index (χ2v) is 3.39. The lowest BCUT2D eigenvalue weighted by atomic mass is 10.0. The zero-order chi connectivity index (χ0) is 12.6. The molecule has 6 heteroatoms. The van der Waals surface area contributed by atoms with E-state index in [1.807, 2.05) is 0 Å². The zero-order valence-corrected chi connectivity index (χ0v) is 9.72. The van der Waals surface area contributed by atoms with Crippen LogP contribution in [0.2, 0.25) is 0 Å². The molecule has 3 nitrogen and oxygen atoms in total. The maximum Gasteiger partial charge on any atom is 0.392 e. The monoisotopic (exact) mass is 243 g/mol. The van der Waals surface area contributed by atoms with Crippen molar-refractivity contribution in [1.29, 1.82) is 0 Å². The van der Waals surface area contributed by atoms with Gasteiger partial charge in [-0.3, -0.25) is 0 Å². The average molecular weight is 243 g/mol. The van der Waals surface area contributed by atoms with Crippen molar-refractivity contribution in [3.8, 4) is 0 Å². The molecular formula is C10H20F3NO2. The summed E-state index contributed by atoms with van der Waals surface area (Å²) in [5, 5.41) is 0. The van der Waals surface area contributed by atoms with E-state index in [0.29, 0.717) is 13.2 Å². The van der Waals surface area contributed by atoms with E-state index in [1.165, 1.54) is 0 Å². The third-order valence-corrected chi connectivity index (χ3v) is 2.16. The predicted octanol–water partition coefficient (Wildman–Crippen LogP) is 2.30. The number of nitrogens with two attached hydrogens (primary N) is 1. The highest BCUT2D eigenvalue weighted by atomic mass is 19.4. The Morgan fingerprint density at radius 1 is 1.12 bits per heavy atom. The summed E-state index contributed by atoms with van der Waals surface area (Å²) in [5.74, 6) is -1.46. The van der Waals surface area contributed by atoms with Crippen molar-refractivity contribution in [2.75, 3.05) is 19.8 Å². The molecule has 0 aliphatic rings. The molecule has 0 aromatic heterocycles. The van der Waals surface area contributed by atoms with Crippen LogP contribution >= 0.6 is 0 Å². The lowest BCUT2D eigenvalue weighted by molar-refractivity contribution is -0.211. The molecule has 0 rings (SSSR count). The van der Waals surface area contributed by atoms with Gasteiger partial charge in [-0.25, -0.2) is 0 Å². The van der Waals surface area contributed by atoms with Crippen molar-refractivity contribution < 1.29 is 22.6 Å². The van der Waals surface area contributed by atoms with Gasteiger partial charge in [-0.1, -0.05) is 0 Å². The first-order chi connectivity index (χ1) is 7.45. The van der Waals surface area contributed by atoms with Crippen LogP contribution in [0.15, 0.2) is 0 Å². The predicted molar refractivity (Wildman–Crippen MR) is 54.9 cm³/mol. The third-order valence-electron chi connectivity index (χ3n) is 2.16. The van der Waals surface area contributed by atoms with Gasteiger partial charge in [-0.2, -0.15) is 13.2 Å². The fourth-order valence-electron chi connectivity index (χ4n) is 1.40. The van der Waals surface area contributed by atoms with Gasteiger partial charge in [0.25, 0.3) is 0 Å². The Hall–Kier alpha value is -0.330. The summed E-state index contributed by atoms with van der Waals surface area (Å²) in [7, 11) is 0. The SMILES string of the molecule is CCOC(CC(CCN)C(F)(F)F)OCC. The minimum atomic E-state index is -4.24. The van der Waals surface area contributed by atoms with E-state index in [2.05, 4.69) is 0 Å². The highest BCUT2D eigenvalue weighted by Crippen LogP contribution is 2.32. The Labute approximate surface area is 94.1 Å². The van der Waals surface area contributed by atoms with Crippen LogP contribution in [0.3, 0.4) is 0 Å². The van der Waals surface area contributed by atoms with Crippen LogP contribution in [-0.4, -0.2) is 32.2 Å². The van der Waals surface area contributed by atoms with Crippen molar-refractivity contribution >= 4 is 0 Å². The Morgan fingerprint density at radius 3 is 1.94 bits per heavy atom. The number of alkyl halides is 3. The molecule has 1 atom stereocenters. The third kappa shape index (κ3) is 6.30. The first-order valence-corrected chi connectivity index (χ1v) is 5.45. The second-order valence-electron chi connectivity index (χ2n) is 3.39. The number of halogens is 3. The van der Waals surface area contributed by atoms with Gasteiger partial charge in [0, 0.05) is 19.6 Å². The first-order valence-electron chi connectivity index (χ1n) is 5.45. The molecular weight excluding hydrogens is 223 g/mol. The molecule has 0 fully saturated rings. The maximum atomic E-state index is 12.6. The molecule has 0 spiro atoms. The highest BCUT2D eigenvalue weighted by molar-refractivity contribution is 4.70. The van der Waals surface area contributed by atoms with Crippen LogP contribution in [0, 0.1) is 5.92 Å². The lowest BCUT2D eigenvalue weighted by Crippen LogP contribution is -2.31. The summed E-state index contributed by atoms with van der Waals surface area (Å²) >= 11 is 0. The standard InChI is InChI=1S/C10H20F3NO2/c1-3-15-9(16-4-2)7-8(5-6-14)10(11,12)13/h8-9H,3-7,14H2,1-2H3. The summed E-state index contributed by atoms with van der Waals surface area (Å²) in [6.07, 6.45) is -5.33. The Balaban J connectivity index is 4.32.